The molecule has 2 aromatic carbocycles. The molecule has 6 nitrogen and oxygen atoms in total. The van der Waals surface area contributed by atoms with Crippen molar-refractivity contribution >= 4 is 40.7 Å². The number of anilines is 2. The van der Waals surface area contributed by atoms with Crippen LogP contribution in [0.5, 0.6) is 0 Å². The third kappa shape index (κ3) is 6.70. The van der Waals surface area contributed by atoms with Gasteiger partial charge in [-0.25, -0.2) is 0 Å². The lowest BCUT2D eigenvalue weighted by molar-refractivity contribution is -0.118. The fourth-order valence-corrected chi connectivity index (χ4v) is 2.74. The second-order valence-electron chi connectivity index (χ2n) is 6.91. The topological polar surface area (TPSA) is 87.3 Å². The smallest absolute Gasteiger partial charge is 0.251 e. The van der Waals surface area contributed by atoms with Crippen LogP contribution >= 0.6 is 11.6 Å². The van der Waals surface area contributed by atoms with Crippen molar-refractivity contribution in [3.05, 3.63) is 59.1 Å². The molecule has 0 radical (unpaired) electrons. The maximum atomic E-state index is 12.7. The zero-order valence-electron chi connectivity index (χ0n) is 16.1. The Hall–Kier alpha value is -2.86. The molecule has 0 heterocycles. The van der Waals surface area contributed by atoms with Crippen molar-refractivity contribution in [2.45, 2.75) is 33.2 Å². The maximum Gasteiger partial charge on any atom is 0.251 e. The molecule has 0 unspecified atom stereocenters. The quantitative estimate of drug-likeness (QED) is 0.653. The molecule has 2 rings (SSSR count). The van der Waals surface area contributed by atoms with E-state index in [0.29, 0.717) is 28.4 Å². The number of nitrogens with one attached hydrogen (secondary N) is 3. The predicted octanol–water partition coefficient (Wildman–Crippen LogP) is 4.08. The summed E-state index contributed by atoms with van der Waals surface area (Å²) in [5.41, 5.74) is 1.65. The first-order valence-corrected chi connectivity index (χ1v) is 9.37. The van der Waals surface area contributed by atoms with E-state index in [4.69, 9.17) is 11.6 Å². The number of carbonyl (C=O) groups excluding carboxylic acids is 3. The first kappa shape index (κ1) is 21.4. The van der Waals surface area contributed by atoms with E-state index in [-0.39, 0.29) is 23.6 Å². The highest BCUT2D eigenvalue weighted by Gasteiger charge is 2.22. The molecule has 0 aromatic heterocycles. The molecular weight excluding hydrogens is 378 g/mol. The molecule has 0 bridgehead atoms. The van der Waals surface area contributed by atoms with E-state index < -0.39 is 6.04 Å². The van der Waals surface area contributed by atoms with E-state index >= 15 is 0 Å². The summed E-state index contributed by atoms with van der Waals surface area (Å²) in [7, 11) is 0. The summed E-state index contributed by atoms with van der Waals surface area (Å²) in [4.78, 5) is 36.3. The molecule has 0 aliphatic heterocycles. The molecule has 0 saturated carbocycles. The highest BCUT2D eigenvalue weighted by atomic mass is 35.5. The van der Waals surface area contributed by atoms with Crippen molar-refractivity contribution in [1.82, 2.24) is 5.32 Å². The average Bonchev–Trinajstić information content (AvgIpc) is 2.62. The van der Waals surface area contributed by atoms with Crippen molar-refractivity contribution in [3.8, 4) is 0 Å². The van der Waals surface area contributed by atoms with Crippen LogP contribution in [0.25, 0.3) is 0 Å². The van der Waals surface area contributed by atoms with Gasteiger partial charge < -0.3 is 16.0 Å². The number of carbonyl (C=O) groups is 3. The minimum Gasteiger partial charge on any atom is -0.340 e. The van der Waals surface area contributed by atoms with Crippen molar-refractivity contribution in [1.29, 1.82) is 0 Å². The van der Waals surface area contributed by atoms with Crippen LogP contribution in [0.15, 0.2) is 48.5 Å². The van der Waals surface area contributed by atoms with Gasteiger partial charge in [-0.1, -0.05) is 25.4 Å². The zero-order chi connectivity index (χ0) is 20.7. The largest absolute Gasteiger partial charge is 0.340 e. The minimum absolute atomic E-state index is 0.168. The molecule has 0 aliphatic carbocycles. The lowest BCUT2D eigenvalue weighted by Gasteiger charge is -2.20. The predicted molar refractivity (Wildman–Crippen MR) is 112 cm³/mol. The molecule has 7 heteroatoms. The second kappa shape index (κ2) is 9.90. The van der Waals surface area contributed by atoms with E-state index in [1.54, 1.807) is 48.5 Å². The molecule has 1 atom stereocenters. The van der Waals surface area contributed by atoms with Gasteiger partial charge in [0, 0.05) is 28.9 Å². The Balaban J connectivity index is 2.06. The van der Waals surface area contributed by atoms with Crippen LogP contribution in [-0.2, 0) is 9.59 Å². The lowest BCUT2D eigenvalue weighted by Crippen LogP contribution is -2.44. The SMILES string of the molecule is CC(=O)Nc1ccc(NC(=O)[C@@H](CC(C)C)NC(=O)c2ccc(Cl)cc2)cc1. The number of halogens is 1. The molecule has 2 aromatic rings. The molecular formula is C21H24ClN3O3. The number of amides is 3. The monoisotopic (exact) mass is 401 g/mol. The Morgan fingerprint density at radius 2 is 1.43 bits per heavy atom. The third-order valence-corrected chi connectivity index (χ3v) is 4.16. The summed E-state index contributed by atoms with van der Waals surface area (Å²) in [5.74, 6) is -0.594. The second-order valence-corrected chi connectivity index (χ2v) is 7.35. The third-order valence-electron chi connectivity index (χ3n) is 3.91. The Morgan fingerprint density at radius 1 is 0.893 bits per heavy atom. The first-order valence-electron chi connectivity index (χ1n) is 8.99. The number of rotatable bonds is 7. The summed E-state index contributed by atoms with van der Waals surface area (Å²) >= 11 is 5.85. The van der Waals surface area contributed by atoms with Crippen LogP contribution in [-0.4, -0.2) is 23.8 Å². The molecule has 0 spiro atoms. The Kier molecular flexibility index (Phi) is 7.58. The maximum absolute atomic E-state index is 12.7. The molecule has 0 saturated heterocycles. The highest BCUT2D eigenvalue weighted by Crippen LogP contribution is 2.16. The van der Waals surface area contributed by atoms with Crippen LogP contribution in [0.4, 0.5) is 11.4 Å². The molecule has 148 valence electrons. The van der Waals surface area contributed by atoms with Crippen molar-refractivity contribution in [2.75, 3.05) is 10.6 Å². The van der Waals surface area contributed by atoms with Gasteiger partial charge in [0.25, 0.3) is 5.91 Å². The van der Waals surface area contributed by atoms with Crippen LogP contribution in [0, 0.1) is 5.92 Å². The molecule has 3 N–H and O–H groups in total. The van der Waals surface area contributed by atoms with Gasteiger partial charge in [-0.3, -0.25) is 14.4 Å². The zero-order valence-corrected chi connectivity index (χ0v) is 16.8. The first-order chi connectivity index (χ1) is 13.2. The average molecular weight is 402 g/mol. The van der Waals surface area contributed by atoms with Crippen LogP contribution in [0.3, 0.4) is 0 Å². The summed E-state index contributed by atoms with van der Waals surface area (Å²) < 4.78 is 0. The van der Waals surface area contributed by atoms with E-state index in [0.717, 1.165) is 0 Å². The summed E-state index contributed by atoms with van der Waals surface area (Å²) in [6.45, 7) is 5.39. The van der Waals surface area contributed by atoms with E-state index in [9.17, 15) is 14.4 Å². The van der Waals surface area contributed by atoms with Crippen molar-refractivity contribution in [2.24, 2.45) is 5.92 Å². The van der Waals surface area contributed by atoms with Gasteiger partial charge in [0.1, 0.15) is 6.04 Å². The van der Waals surface area contributed by atoms with Crippen LogP contribution < -0.4 is 16.0 Å². The van der Waals surface area contributed by atoms with Gasteiger partial charge in [0.15, 0.2) is 0 Å². The number of hydrogen-bond donors (Lipinski definition) is 3. The molecule has 0 aliphatic rings. The van der Waals surface area contributed by atoms with E-state index in [2.05, 4.69) is 16.0 Å². The van der Waals surface area contributed by atoms with Crippen molar-refractivity contribution in [3.63, 3.8) is 0 Å². The summed E-state index contributed by atoms with van der Waals surface area (Å²) in [6.07, 6.45) is 0.495. The Labute approximate surface area is 169 Å². The standard InChI is InChI=1S/C21H24ClN3O3/c1-13(2)12-19(25-20(27)15-4-6-16(22)7-5-15)21(28)24-18-10-8-17(9-11-18)23-14(3)26/h4-11,13,19H,12H2,1-3H3,(H,23,26)(H,24,28)(H,25,27)/t19-/m1/s1. The number of hydrogen-bond acceptors (Lipinski definition) is 3. The normalized spacial score (nSPS) is 11.6. The van der Waals surface area contributed by atoms with Gasteiger partial charge in [0.05, 0.1) is 0 Å². The molecule has 3 amide bonds. The van der Waals surface area contributed by atoms with E-state index in [1.165, 1.54) is 6.92 Å². The minimum atomic E-state index is -0.682. The van der Waals surface area contributed by atoms with Gasteiger partial charge in [0.2, 0.25) is 11.8 Å². The summed E-state index contributed by atoms with van der Waals surface area (Å²) in [6, 6.07) is 12.6. The fraction of sp³-hybridized carbons (Fsp3) is 0.286. The van der Waals surface area contributed by atoms with E-state index in [1.807, 2.05) is 13.8 Å². The summed E-state index contributed by atoms with van der Waals surface area (Å²) in [5, 5.41) is 8.80. The molecule has 0 fully saturated rings. The number of benzene rings is 2. The van der Waals surface area contributed by atoms with Crippen molar-refractivity contribution < 1.29 is 14.4 Å². The van der Waals surface area contributed by atoms with Gasteiger partial charge in [-0.2, -0.15) is 0 Å². The van der Waals surface area contributed by atoms with Crippen LogP contribution in [0.1, 0.15) is 37.6 Å². The van der Waals surface area contributed by atoms with Gasteiger partial charge in [-0.05, 0) is 60.9 Å². The van der Waals surface area contributed by atoms with Gasteiger partial charge in [-0.15, -0.1) is 0 Å². The highest BCUT2D eigenvalue weighted by molar-refractivity contribution is 6.30. The lowest BCUT2D eigenvalue weighted by atomic mass is 10.0. The Bertz CT molecular complexity index is 833. The molecule has 28 heavy (non-hydrogen) atoms. The fourth-order valence-electron chi connectivity index (χ4n) is 2.62. The van der Waals surface area contributed by atoms with Gasteiger partial charge >= 0.3 is 0 Å². The van der Waals surface area contributed by atoms with Crippen LogP contribution in [0.2, 0.25) is 5.02 Å². The Morgan fingerprint density at radius 3 is 1.93 bits per heavy atom.